The second-order valence-corrected chi connectivity index (χ2v) is 8.45. The van der Waals surface area contributed by atoms with Gasteiger partial charge in [0.15, 0.2) is 10.8 Å². The number of piperidine rings is 1. The molecule has 30 heavy (non-hydrogen) atoms. The number of fused-ring (bicyclic) bond motifs is 1. The van der Waals surface area contributed by atoms with Crippen molar-refractivity contribution in [1.29, 1.82) is 0 Å². The molecule has 7 nitrogen and oxygen atoms in total. The van der Waals surface area contributed by atoms with Gasteiger partial charge in [0.25, 0.3) is 0 Å². The van der Waals surface area contributed by atoms with E-state index in [2.05, 4.69) is 25.4 Å². The van der Waals surface area contributed by atoms with E-state index in [0.29, 0.717) is 0 Å². The molecule has 1 aromatic carbocycles. The summed E-state index contributed by atoms with van der Waals surface area (Å²) in [6, 6.07) is 11.8. The minimum Gasteiger partial charge on any atom is -0.355 e. The topological polar surface area (TPSA) is 75.4 Å². The van der Waals surface area contributed by atoms with E-state index in [4.69, 9.17) is 0 Å². The van der Waals surface area contributed by atoms with Gasteiger partial charge in [-0.3, -0.25) is 9.20 Å². The van der Waals surface area contributed by atoms with Gasteiger partial charge in [0.1, 0.15) is 0 Å². The first-order chi connectivity index (χ1) is 14.7. The van der Waals surface area contributed by atoms with Crippen molar-refractivity contribution in [2.75, 3.05) is 23.3 Å². The van der Waals surface area contributed by atoms with Crippen molar-refractivity contribution in [1.82, 2.24) is 19.6 Å². The van der Waals surface area contributed by atoms with Crippen LogP contribution in [0.2, 0.25) is 0 Å². The fourth-order valence-corrected chi connectivity index (χ4v) is 4.47. The van der Waals surface area contributed by atoms with Crippen LogP contribution in [0, 0.1) is 12.8 Å². The van der Waals surface area contributed by atoms with E-state index in [1.165, 1.54) is 0 Å². The number of nitrogens with zero attached hydrogens (tertiary/aromatic N) is 5. The van der Waals surface area contributed by atoms with Crippen LogP contribution in [0.25, 0.3) is 16.2 Å². The van der Waals surface area contributed by atoms with Crippen LogP contribution in [0.1, 0.15) is 18.5 Å². The van der Waals surface area contributed by atoms with E-state index in [1.54, 1.807) is 11.3 Å². The van der Waals surface area contributed by atoms with Crippen molar-refractivity contribution in [3.05, 3.63) is 59.9 Å². The molecule has 0 aliphatic carbocycles. The fraction of sp³-hybridized carbons (Fsp3) is 0.273. The second kappa shape index (κ2) is 7.87. The SMILES string of the molecule is Cc1ccc(N2CCC(C(=O)Nc3ccc(-c4cn5ccsc5n4)cc3)CC2)nn1. The summed E-state index contributed by atoms with van der Waals surface area (Å²) in [5, 5.41) is 13.5. The number of nitrogens with one attached hydrogen (secondary N) is 1. The van der Waals surface area contributed by atoms with Crippen LogP contribution in [0.15, 0.2) is 54.2 Å². The zero-order chi connectivity index (χ0) is 20.5. The van der Waals surface area contributed by atoms with Crippen LogP contribution >= 0.6 is 11.3 Å². The molecule has 0 unspecified atom stereocenters. The average Bonchev–Trinajstić information content (AvgIpc) is 3.37. The zero-order valence-electron chi connectivity index (χ0n) is 16.7. The minimum absolute atomic E-state index is 0.0132. The summed E-state index contributed by atoms with van der Waals surface area (Å²) in [6.07, 6.45) is 5.64. The molecule has 0 spiro atoms. The lowest BCUT2D eigenvalue weighted by Crippen LogP contribution is -2.38. The van der Waals surface area contributed by atoms with Crippen LogP contribution in [-0.4, -0.2) is 38.6 Å². The highest BCUT2D eigenvalue weighted by molar-refractivity contribution is 7.15. The third-order valence-electron chi connectivity index (χ3n) is 5.52. The Labute approximate surface area is 178 Å². The van der Waals surface area contributed by atoms with E-state index in [-0.39, 0.29) is 11.8 Å². The molecule has 0 saturated carbocycles. The third kappa shape index (κ3) is 3.78. The summed E-state index contributed by atoms with van der Waals surface area (Å²) in [5.41, 5.74) is 3.70. The number of imidazole rings is 1. The molecule has 1 N–H and O–H groups in total. The largest absolute Gasteiger partial charge is 0.355 e. The van der Waals surface area contributed by atoms with Crippen LogP contribution in [0.3, 0.4) is 0 Å². The van der Waals surface area contributed by atoms with E-state index in [9.17, 15) is 4.79 Å². The molecule has 152 valence electrons. The van der Waals surface area contributed by atoms with Gasteiger partial charge in [-0.05, 0) is 44.0 Å². The maximum atomic E-state index is 12.7. The summed E-state index contributed by atoms with van der Waals surface area (Å²) in [7, 11) is 0. The summed E-state index contributed by atoms with van der Waals surface area (Å²) in [5.74, 6) is 0.980. The van der Waals surface area contributed by atoms with Crippen LogP contribution in [0.5, 0.6) is 0 Å². The molecular weight excluding hydrogens is 396 g/mol. The van der Waals surface area contributed by atoms with Crippen LogP contribution in [-0.2, 0) is 4.79 Å². The summed E-state index contributed by atoms with van der Waals surface area (Å²) < 4.78 is 2.02. The highest BCUT2D eigenvalue weighted by Crippen LogP contribution is 2.25. The van der Waals surface area contributed by atoms with Gasteiger partial charge in [-0.1, -0.05) is 12.1 Å². The van der Waals surface area contributed by atoms with Crippen molar-refractivity contribution < 1.29 is 4.79 Å². The molecule has 4 heterocycles. The standard InChI is InChI=1S/C22H22N6OS/c1-15-2-7-20(26-25-15)27-10-8-17(9-11-27)21(29)23-18-5-3-16(4-6-18)19-14-28-12-13-30-22(28)24-19/h2-7,12-14,17H,8-11H2,1H3,(H,23,29). The molecule has 0 atom stereocenters. The Morgan fingerprint density at radius 1 is 1.10 bits per heavy atom. The zero-order valence-corrected chi connectivity index (χ0v) is 17.5. The number of hydrogen-bond acceptors (Lipinski definition) is 6. The van der Waals surface area contributed by atoms with Gasteiger partial charge in [0.2, 0.25) is 5.91 Å². The number of hydrogen-bond donors (Lipinski definition) is 1. The first-order valence-electron chi connectivity index (χ1n) is 10.0. The van der Waals surface area contributed by atoms with Crippen molar-refractivity contribution in [3.8, 4) is 11.3 Å². The van der Waals surface area contributed by atoms with Gasteiger partial charge in [-0.25, -0.2) is 4.98 Å². The van der Waals surface area contributed by atoms with E-state index >= 15 is 0 Å². The molecule has 8 heteroatoms. The van der Waals surface area contributed by atoms with Gasteiger partial charge >= 0.3 is 0 Å². The quantitative estimate of drug-likeness (QED) is 0.542. The molecule has 0 radical (unpaired) electrons. The minimum atomic E-state index is 0.0132. The molecule has 1 aliphatic rings. The maximum Gasteiger partial charge on any atom is 0.227 e. The Hall–Kier alpha value is -3.26. The number of aromatic nitrogens is 4. The highest BCUT2D eigenvalue weighted by atomic mass is 32.1. The monoisotopic (exact) mass is 418 g/mol. The lowest BCUT2D eigenvalue weighted by molar-refractivity contribution is -0.120. The Kier molecular flexibility index (Phi) is 4.92. The predicted molar refractivity (Wildman–Crippen MR) is 119 cm³/mol. The van der Waals surface area contributed by atoms with Gasteiger partial charge in [-0.15, -0.1) is 16.4 Å². The number of amides is 1. The van der Waals surface area contributed by atoms with Crippen molar-refractivity contribution in [2.24, 2.45) is 5.92 Å². The van der Waals surface area contributed by atoms with E-state index in [0.717, 1.165) is 59.3 Å². The molecule has 4 aromatic rings. The van der Waals surface area contributed by atoms with Crippen molar-refractivity contribution >= 4 is 33.7 Å². The van der Waals surface area contributed by atoms with Gasteiger partial charge in [0.05, 0.1) is 11.4 Å². The molecule has 1 aliphatic heterocycles. The summed E-state index contributed by atoms with van der Waals surface area (Å²) in [4.78, 5) is 20.5. The first kappa shape index (κ1) is 18.7. The molecule has 3 aromatic heterocycles. The second-order valence-electron chi connectivity index (χ2n) is 7.58. The molecular formula is C22H22N6OS. The average molecular weight is 419 g/mol. The molecule has 0 bridgehead atoms. The Morgan fingerprint density at radius 2 is 1.90 bits per heavy atom. The van der Waals surface area contributed by atoms with Gasteiger partial charge in [-0.2, -0.15) is 5.10 Å². The molecule has 1 saturated heterocycles. The number of carbonyl (C=O) groups is 1. The lowest BCUT2D eigenvalue weighted by atomic mass is 9.95. The molecule has 1 amide bonds. The third-order valence-corrected chi connectivity index (χ3v) is 6.29. The van der Waals surface area contributed by atoms with E-state index in [1.807, 2.05) is 65.5 Å². The van der Waals surface area contributed by atoms with Crippen molar-refractivity contribution in [2.45, 2.75) is 19.8 Å². The Morgan fingerprint density at radius 3 is 2.60 bits per heavy atom. The lowest BCUT2D eigenvalue weighted by Gasteiger charge is -2.31. The number of thiazole rings is 1. The maximum absolute atomic E-state index is 12.7. The van der Waals surface area contributed by atoms with Gasteiger partial charge < -0.3 is 10.2 Å². The Bertz CT molecular complexity index is 1130. The predicted octanol–water partition coefficient (Wildman–Crippen LogP) is 4.02. The van der Waals surface area contributed by atoms with Crippen molar-refractivity contribution in [3.63, 3.8) is 0 Å². The van der Waals surface area contributed by atoms with E-state index < -0.39 is 0 Å². The normalized spacial score (nSPS) is 14.9. The number of aryl methyl sites for hydroxylation is 1. The first-order valence-corrected chi connectivity index (χ1v) is 10.9. The number of carbonyl (C=O) groups excluding carboxylic acids is 1. The summed E-state index contributed by atoms with van der Waals surface area (Å²) in [6.45, 7) is 3.55. The highest BCUT2D eigenvalue weighted by Gasteiger charge is 2.25. The van der Waals surface area contributed by atoms with Crippen LogP contribution < -0.4 is 10.2 Å². The number of anilines is 2. The Balaban J connectivity index is 1.18. The van der Waals surface area contributed by atoms with Gasteiger partial charge in [0, 0.05) is 48.0 Å². The molecule has 1 fully saturated rings. The van der Waals surface area contributed by atoms with Crippen LogP contribution in [0.4, 0.5) is 11.5 Å². The molecule has 5 rings (SSSR count). The smallest absolute Gasteiger partial charge is 0.227 e. The fourth-order valence-electron chi connectivity index (χ4n) is 3.77. The summed E-state index contributed by atoms with van der Waals surface area (Å²) >= 11 is 1.61. The number of benzene rings is 1. The number of rotatable bonds is 4.